The van der Waals surface area contributed by atoms with Gasteiger partial charge in [0.1, 0.15) is 0 Å². The molecule has 6 heteroatoms. The Bertz CT molecular complexity index is 361. The van der Waals surface area contributed by atoms with Crippen LogP contribution in [0.5, 0.6) is 0 Å². The number of rotatable bonds is 3. The molecular formula is C13H21ClN2OS2. The summed E-state index contributed by atoms with van der Waals surface area (Å²) in [6.07, 6.45) is 3.43. The minimum Gasteiger partial charge on any atom is -0.331 e. The number of hydrogen-bond acceptors (Lipinski definition) is 4. The molecule has 1 amide bonds. The second-order valence-corrected chi connectivity index (χ2v) is 6.43. The van der Waals surface area contributed by atoms with Gasteiger partial charge in [0.15, 0.2) is 0 Å². The molecule has 0 aromatic carbocycles. The van der Waals surface area contributed by atoms with Crippen LogP contribution in [0, 0.1) is 17.8 Å². The van der Waals surface area contributed by atoms with Gasteiger partial charge in [-0.3, -0.25) is 9.69 Å². The van der Waals surface area contributed by atoms with Crippen LogP contribution in [0.1, 0.15) is 19.3 Å². The summed E-state index contributed by atoms with van der Waals surface area (Å²) >= 11 is 8.47. The first-order valence-corrected chi connectivity index (χ1v) is 7.55. The maximum Gasteiger partial charge on any atom is 0.228 e. The Kier molecular flexibility index (Phi) is 7.45. The van der Waals surface area contributed by atoms with Gasteiger partial charge in [0.2, 0.25) is 5.91 Å². The summed E-state index contributed by atoms with van der Waals surface area (Å²) in [6.45, 7) is 4.52. The first-order valence-electron chi connectivity index (χ1n) is 6.51. The first kappa shape index (κ1) is 17.0. The van der Waals surface area contributed by atoms with Gasteiger partial charge in [0.25, 0.3) is 0 Å². The zero-order valence-corrected chi connectivity index (χ0v) is 13.5. The molecule has 108 valence electrons. The van der Waals surface area contributed by atoms with Crippen molar-refractivity contribution in [3.63, 3.8) is 0 Å². The maximum absolute atomic E-state index is 11.9. The van der Waals surface area contributed by atoms with Crippen molar-refractivity contribution >= 4 is 43.6 Å². The molecule has 2 aliphatic heterocycles. The summed E-state index contributed by atoms with van der Waals surface area (Å²) in [6, 6.07) is 0. The molecule has 1 atom stereocenters. The molecule has 0 N–H and O–H groups in total. The highest BCUT2D eigenvalue weighted by molar-refractivity contribution is 7.99. The summed E-state index contributed by atoms with van der Waals surface area (Å²) in [4.78, 5) is 16.1. The normalized spacial score (nSPS) is 23.4. The number of halogens is 1. The minimum absolute atomic E-state index is 0. The number of hydrogen-bond donors (Lipinski definition) is 2. The molecular weight excluding hydrogens is 300 g/mol. The summed E-state index contributed by atoms with van der Waals surface area (Å²) in [5.41, 5.74) is 0. The quantitative estimate of drug-likeness (QED) is 0.468. The van der Waals surface area contributed by atoms with Crippen molar-refractivity contribution in [1.29, 1.82) is 0 Å². The smallest absolute Gasteiger partial charge is 0.228 e. The van der Waals surface area contributed by atoms with Gasteiger partial charge in [-0.15, -0.1) is 12.4 Å². The van der Waals surface area contributed by atoms with Crippen molar-refractivity contribution in [2.75, 3.05) is 32.7 Å². The highest BCUT2D eigenvalue weighted by Crippen LogP contribution is 2.26. The highest BCUT2D eigenvalue weighted by Gasteiger charge is 2.33. The Labute approximate surface area is 132 Å². The molecule has 0 unspecified atom stereocenters. The average molecular weight is 321 g/mol. The van der Waals surface area contributed by atoms with Gasteiger partial charge in [0.05, 0.1) is 23.6 Å². The van der Waals surface area contributed by atoms with E-state index in [0.717, 1.165) is 19.5 Å². The largest absolute Gasteiger partial charge is 0.331 e. The molecule has 2 rings (SSSR count). The van der Waals surface area contributed by atoms with Gasteiger partial charge in [-0.05, 0) is 32.4 Å². The Morgan fingerprint density at radius 2 is 1.79 bits per heavy atom. The molecule has 0 aromatic heterocycles. The van der Waals surface area contributed by atoms with Gasteiger partial charge < -0.3 is 4.90 Å². The number of amides is 1. The second-order valence-electron chi connectivity index (χ2n) is 4.91. The molecule has 0 spiro atoms. The fourth-order valence-electron chi connectivity index (χ4n) is 2.46. The standard InChI is InChI=1S/C13H20N2OS2.ClH/c16-12-11(13(17)18)5-10-15(12)9-4-3-8-14-6-1-2-7-14;/h11,13,17-18H,1-2,5-10H2;1H/t11-;/m1./s1. The summed E-state index contributed by atoms with van der Waals surface area (Å²) in [5.74, 6) is 6.38. The van der Waals surface area contributed by atoms with Crippen LogP contribution in [0.3, 0.4) is 0 Å². The highest BCUT2D eigenvalue weighted by atomic mass is 35.5. The van der Waals surface area contributed by atoms with E-state index in [0.29, 0.717) is 6.54 Å². The molecule has 2 heterocycles. The van der Waals surface area contributed by atoms with E-state index in [4.69, 9.17) is 0 Å². The molecule has 0 bridgehead atoms. The number of carbonyl (C=O) groups is 1. The van der Waals surface area contributed by atoms with Crippen molar-refractivity contribution in [2.24, 2.45) is 5.92 Å². The van der Waals surface area contributed by atoms with E-state index in [1.54, 1.807) is 0 Å². The first-order chi connectivity index (χ1) is 8.68. The SMILES string of the molecule is Cl.O=C1[C@H](C(S)S)CCN1CC#CCN1CCCC1. The second kappa shape index (κ2) is 8.31. The van der Waals surface area contributed by atoms with Crippen LogP contribution in [-0.2, 0) is 4.79 Å². The van der Waals surface area contributed by atoms with E-state index in [1.165, 1.54) is 25.9 Å². The number of likely N-dealkylation sites (tertiary alicyclic amines) is 2. The van der Waals surface area contributed by atoms with E-state index >= 15 is 0 Å². The molecule has 19 heavy (non-hydrogen) atoms. The zero-order chi connectivity index (χ0) is 13.0. The molecule has 2 aliphatic rings. The molecule has 3 nitrogen and oxygen atoms in total. The maximum atomic E-state index is 11.9. The van der Waals surface area contributed by atoms with E-state index < -0.39 is 0 Å². The summed E-state index contributed by atoms with van der Waals surface area (Å²) in [7, 11) is 0. The molecule has 2 fully saturated rings. The Morgan fingerprint density at radius 3 is 2.37 bits per heavy atom. The van der Waals surface area contributed by atoms with Crippen LogP contribution in [0.15, 0.2) is 0 Å². The van der Waals surface area contributed by atoms with Crippen molar-refractivity contribution in [1.82, 2.24) is 9.80 Å². The molecule has 2 saturated heterocycles. The van der Waals surface area contributed by atoms with Gasteiger partial charge in [0, 0.05) is 6.54 Å². The molecule has 0 aromatic rings. The number of thiol groups is 2. The minimum atomic E-state index is -0.153. The third-order valence-corrected chi connectivity index (χ3v) is 4.31. The van der Waals surface area contributed by atoms with Crippen molar-refractivity contribution in [3.05, 3.63) is 0 Å². The Balaban J connectivity index is 0.00000180. The average Bonchev–Trinajstić information content (AvgIpc) is 2.95. The van der Waals surface area contributed by atoms with Gasteiger partial charge >= 0.3 is 0 Å². The van der Waals surface area contributed by atoms with E-state index in [9.17, 15) is 4.79 Å². The lowest BCUT2D eigenvalue weighted by atomic mass is 10.1. The van der Waals surface area contributed by atoms with Gasteiger partial charge in [-0.25, -0.2) is 0 Å². The summed E-state index contributed by atoms with van der Waals surface area (Å²) in [5, 5.41) is 0. The fraction of sp³-hybridized carbons (Fsp3) is 0.769. The third kappa shape index (κ3) is 4.78. The van der Waals surface area contributed by atoms with Crippen LogP contribution < -0.4 is 0 Å². The van der Waals surface area contributed by atoms with E-state index in [2.05, 4.69) is 42.0 Å². The monoisotopic (exact) mass is 320 g/mol. The Hall–Kier alpha value is -0.0200. The van der Waals surface area contributed by atoms with Crippen LogP contribution in [0.2, 0.25) is 0 Å². The lowest BCUT2D eigenvalue weighted by molar-refractivity contribution is -0.130. The molecule has 0 saturated carbocycles. The van der Waals surface area contributed by atoms with Crippen LogP contribution in [0.4, 0.5) is 0 Å². The fourth-order valence-corrected chi connectivity index (χ4v) is 3.01. The number of nitrogens with zero attached hydrogens (tertiary/aromatic N) is 2. The van der Waals surface area contributed by atoms with Crippen molar-refractivity contribution in [2.45, 2.75) is 23.8 Å². The van der Waals surface area contributed by atoms with Crippen LogP contribution >= 0.6 is 37.7 Å². The van der Waals surface area contributed by atoms with E-state index in [1.807, 2.05) is 4.90 Å². The van der Waals surface area contributed by atoms with E-state index in [-0.39, 0.29) is 28.8 Å². The zero-order valence-electron chi connectivity index (χ0n) is 10.9. The van der Waals surface area contributed by atoms with Crippen molar-refractivity contribution in [3.8, 4) is 11.8 Å². The lowest BCUT2D eigenvalue weighted by Crippen LogP contribution is -2.29. The van der Waals surface area contributed by atoms with Crippen LogP contribution in [0.25, 0.3) is 0 Å². The van der Waals surface area contributed by atoms with Crippen molar-refractivity contribution < 1.29 is 4.79 Å². The predicted molar refractivity (Wildman–Crippen MR) is 87.1 cm³/mol. The Morgan fingerprint density at radius 1 is 1.16 bits per heavy atom. The molecule has 0 radical (unpaired) electrons. The molecule has 0 aliphatic carbocycles. The van der Waals surface area contributed by atoms with Crippen LogP contribution in [-0.4, -0.2) is 53.0 Å². The van der Waals surface area contributed by atoms with Gasteiger partial charge in [-0.2, -0.15) is 25.3 Å². The third-order valence-electron chi connectivity index (χ3n) is 3.60. The van der Waals surface area contributed by atoms with Gasteiger partial charge in [-0.1, -0.05) is 11.8 Å². The topological polar surface area (TPSA) is 23.6 Å². The lowest BCUT2D eigenvalue weighted by Gasteiger charge is -2.14. The number of carbonyl (C=O) groups excluding carboxylic acids is 1. The predicted octanol–water partition coefficient (Wildman–Crippen LogP) is 1.54. The summed E-state index contributed by atoms with van der Waals surface area (Å²) < 4.78 is -0.153.